The Morgan fingerprint density at radius 1 is 0.632 bits per heavy atom. The monoisotopic (exact) mass is 278 g/mol. The lowest BCUT2D eigenvalue weighted by molar-refractivity contribution is 0.477. The van der Waals surface area contributed by atoms with E-state index in [9.17, 15) is 10.2 Å². The molecule has 0 spiro atoms. The Balaban J connectivity index is 2.42. The number of aromatic hydroxyl groups is 2. The summed E-state index contributed by atoms with van der Waals surface area (Å²) in [5, 5.41) is 18.9. The van der Waals surface area contributed by atoms with E-state index in [2.05, 4.69) is 0 Å². The molecule has 0 aliphatic heterocycles. The number of phenolic OH excluding ortho intramolecular Hbond substituents is 2. The van der Waals surface area contributed by atoms with Crippen LogP contribution in [0.1, 0.15) is 0 Å². The molecule has 0 radical (unpaired) electrons. The van der Waals surface area contributed by atoms with Crippen LogP contribution in [0.25, 0.3) is 0 Å². The van der Waals surface area contributed by atoms with Gasteiger partial charge in [0.2, 0.25) is 0 Å². The first kappa shape index (κ1) is 13.0. The maximum absolute atomic E-state index is 9.43. The fourth-order valence-electron chi connectivity index (χ4n) is 1.50. The van der Waals surface area contributed by atoms with Crippen LogP contribution in [-0.2, 0) is 0 Å². The number of phenols is 2. The minimum absolute atomic E-state index is 0.0694. The summed E-state index contributed by atoms with van der Waals surface area (Å²) in [5.74, 6) is -0.139. The second-order valence-corrected chi connectivity index (χ2v) is 5.08. The molecule has 2 aromatic carbocycles. The SMILES string of the molecule is Nc1cc(Sc2cc(N)c(O)cc2N)c(N)cc1O. The van der Waals surface area contributed by atoms with E-state index in [1.54, 1.807) is 12.1 Å². The zero-order valence-electron chi connectivity index (χ0n) is 9.92. The normalized spacial score (nSPS) is 10.5. The molecule has 0 unspecified atom stereocenters. The number of nitrogens with two attached hydrogens (primary N) is 4. The Morgan fingerprint density at radius 3 is 1.37 bits per heavy atom. The van der Waals surface area contributed by atoms with E-state index in [0.717, 1.165) is 0 Å². The van der Waals surface area contributed by atoms with Crippen LogP contribution in [0.2, 0.25) is 0 Å². The molecule has 2 rings (SSSR count). The summed E-state index contributed by atoms with van der Waals surface area (Å²) < 4.78 is 0. The van der Waals surface area contributed by atoms with Gasteiger partial charge in [-0.25, -0.2) is 0 Å². The molecule has 19 heavy (non-hydrogen) atoms. The van der Waals surface area contributed by atoms with E-state index in [1.807, 2.05) is 0 Å². The van der Waals surface area contributed by atoms with Gasteiger partial charge in [-0.2, -0.15) is 0 Å². The van der Waals surface area contributed by atoms with E-state index in [4.69, 9.17) is 22.9 Å². The largest absolute Gasteiger partial charge is 0.506 e. The lowest BCUT2D eigenvalue weighted by atomic mass is 10.2. The molecule has 0 bridgehead atoms. The maximum Gasteiger partial charge on any atom is 0.140 e. The van der Waals surface area contributed by atoms with Crippen molar-refractivity contribution in [3.05, 3.63) is 24.3 Å². The Hall–Kier alpha value is -2.41. The number of rotatable bonds is 2. The minimum atomic E-state index is -0.0694. The van der Waals surface area contributed by atoms with Crippen LogP contribution in [0.3, 0.4) is 0 Å². The van der Waals surface area contributed by atoms with Crippen molar-refractivity contribution in [2.24, 2.45) is 0 Å². The van der Waals surface area contributed by atoms with Gasteiger partial charge in [0.25, 0.3) is 0 Å². The highest BCUT2D eigenvalue weighted by atomic mass is 32.2. The van der Waals surface area contributed by atoms with Gasteiger partial charge in [-0.1, -0.05) is 11.8 Å². The van der Waals surface area contributed by atoms with Crippen LogP contribution in [0.4, 0.5) is 22.7 Å². The molecule has 7 heteroatoms. The third-order valence-electron chi connectivity index (χ3n) is 2.54. The van der Waals surface area contributed by atoms with Gasteiger partial charge in [-0.05, 0) is 12.1 Å². The van der Waals surface area contributed by atoms with Gasteiger partial charge in [0.05, 0.1) is 11.4 Å². The van der Waals surface area contributed by atoms with E-state index in [1.165, 1.54) is 23.9 Å². The standard InChI is InChI=1S/C12H14N4O2S/c13-5-3-11(7(15)1-9(5)17)19-12-4-6(14)10(18)2-8(12)16/h1-4,17-18H,13-16H2. The molecule has 0 aromatic heterocycles. The lowest BCUT2D eigenvalue weighted by Crippen LogP contribution is -1.95. The Labute approximate surface area is 114 Å². The molecule has 6 nitrogen and oxygen atoms in total. The van der Waals surface area contributed by atoms with E-state index in [-0.39, 0.29) is 22.9 Å². The predicted octanol–water partition coefficient (Wildman–Crippen LogP) is 1.58. The summed E-state index contributed by atoms with van der Waals surface area (Å²) in [7, 11) is 0. The fourth-order valence-corrected chi connectivity index (χ4v) is 2.46. The second kappa shape index (κ2) is 4.69. The molecule has 0 heterocycles. The molecule has 2 aromatic rings. The van der Waals surface area contributed by atoms with Crippen molar-refractivity contribution >= 4 is 34.5 Å². The van der Waals surface area contributed by atoms with Gasteiger partial charge in [0, 0.05) is 33.3 Å². The first-order valence-corrected chi connectivity index (χ1v) is 6.14. The number of anilines is 4. The van der Waals surface area contributed by atoms with E-state index >= 15 is 0 Å². The van der Waals surface area contributed by atoms with Crippen LogP contribution in [0, 0.1) is 0 Å². The van der Waals surface area contributed by atoms with Crippen molar-refractivity contribution in [1.82, 2.24) is 0 Å². The number of benzene rings is 2. The van der Waals surface area contributed by atoms with Gasteiger partial charge in [-0.15, -0.1) is 0 Å². The van der Waals surface area contributed by atoms with Crippen LogP contribution in [0.5, 0.6) is 11.5 Å². The fraction of sp³-hybridized carbons (Fsp3) is 0. The summed E-state index contributed by atoms with van der Waals surface area (Å²) in [6.07, 6.45) is 0. The highest BCUT2D eigenvalue weighted by Gasteiger charge is 2.10. The molecule has 0 atom stereocenters. The number of nitrogen functional groups attached to an aromatic ring is 4. The molecular weight excluding hydrogens is 264 g/mol. The molecule has 0 aliphatic rings. The van der Waals surface area contributed by atoms with Crippen molar-refractivity contribution in [3.63, 3.8) is 0 Å². The van der Waals surface area contributed by atoms with Crippen molar-refractivity contribution in [3.8, 4) is 11.5 Å². The van der Waals surface area contributed by atoms with Gasteiger partial charge in [0.15, 0.2) is 0 Å². The quantitative estimate of drug-likeness (QED) is 0.361. The molecule has 10 N–H and O–H groups in total. The molecule has 0 amide bonds. The molecule has 0 fully saturated rings. The highest BCUT2D eigenvalue weighted by Crippen LogP contribution is 2.41. The van der Waals surface area contributed by atoms with Crippen molar-refractivity contribution in [2.45, 2.75) is 9.79 Å². The van der Waals surface area contributed by atoms with Crippen LogP contribution in [0.15, 0.2) is 34.1 Å². The highest BCUT2D eigenvalue weighted by molar-refractivity contribution is 7.99. The summed E-state index contributed by atoms with van der Waals surface area (Å²) in [4.78, 5) is 1.29. The van der Waals surface area contributed by atoms with Gasteiger partial charge in [-0.3, -0.25) is 0 Å². The lowest BCUT2D eigenvalue weighted by Gasteiger charge is -2.11. The Bertz CT molecular complexity index is 591. The first-order chi connectivity index (χ1) is 8.88. The van der Waals surface area contributed by atoms with Gasteiger partial charge in [0.1, 0.15) is 11.5 Å². The average molecular weight is 278 g/mol. The van der Waals surface area contributed by atoms with Crippen molar-refractivity contribution in [1.29, 1.82) is 0 Å². The van der Waals surface area contributed by atoms with Crippen molar-refractivity contribution in [2.75, 3.05) is 22.9 Å². The first-order valence-electron chi connectivity index (χ1n) is 5.32. The molecule has 0 aliphatic carbocycles. The molecule has 0 saturated heterocycles. The number of hydrogen-bond donors (Lipinski definition) is 6. The summed E-state index contributed by atoms with van der Waals surface area (Å²) in [6, 6.07) is 5.85. The predicted molar refractivity (Wildman–Crippen MR) is 78.0 cm³/mol. The third-order valence-corrected chi connectivity index (χ3v) is 3.69. The Kier molecular flexibility index (Phi) is 3.22. The minimum Gasteiger partial charge on any atom is -0.506 e. The summed E-state index contributed by atoms with van der Waals surface area (Å²) in [6.45, 7) is 0. The second-order valence-electron chi connectivity index (χ2n) is 4.00. The van der Waals surface area contributed by atoms with Gasteiger partial charge < -0.3 is 33.1 Å². The van der Waals surface area contributed by atoms with E-state index in [0.29, 0.717) is 21.2 Å². The zero-order valence-corrected chi connectivity index (χ0v) is 10.7. The van der Waals surface area contributed by atoms with Crippen LogP contribution < -0.4 is 22.9 Å². The average Bonchev–Trinajstić information content (AvgIpc) is 2.32. The Morgan fingerprint density at radius 2 is 1.00 bits per heavy atom. The third kappa shape index (κ3) is 2.55. The van der Waals surface area contributed by atoms with Crippen LogP contribution in [-0.4, -0.2) is 10.2 Å². The molecular formula is C12H14N4O2S. The summed E-state index contributed by atoms with van der Waals surface area (Å²) in [5.41, 5.74) is 24.0. The van der Waals surface area contributed by atoms with Crippen molar-refractivity contribution < 1.29 is 10.2 Å². The van der Waals surface area contributed by atoms with Gasteiger partial charge >= 0.3 is 0 Å². The number of hydrogen-bond acceptors (Lipinski definition) is 7. The topological polar surface area (TPSA) is 145 Å². The zero-order chi connectivity index (χ0) is 14.2. The van der Waals surface area contributed by atoms with Crippen LogP contribution >= 0.6 is 11.8 Å². The molecule has 100 valence electrons. The molecule has 0 saturated carbocycles. The maximum atomic E-state index is 9.43. The summed E-state index contributed by atoms with van der Waals surface area (Å²) >= 11 is 1.25. The smallest absolute Gasteiger partial charge is 0.140 e. The van der Waals surface area contributed by atoms with E-state index < -0.39 is 0 Å².